The molecule has 1 N–H and O–H groups in total. The number of hydrogen-bond acceptors (Lipinski definition) is 4. The van der Waals surface area contributed by atoms with Gasteiger partial charge < -0.3 is 14.6 Å². The Morgan fingerprint density at radius 3 is 2.74 bits per heavy atom. The van der Waals surface area contributed by atoms with Crippen molar-refractivity contribution in [3.05, 3.63) is 64.8 Å². The number of nitrogens with one attached hydrogen (secondary N) is 1. The highest BCUT2D eigenvalue weighted by Gasteiger charge is 2.15. The van der Waals surface area contributed by atoms with E-state index in [2.05, 4.69) is 17.4 Å². The number of nitrogens with zero attached hydrogens (tertiary/aromatic N) is 1. The lowest BCUT2D eigenvalue weighted by Crippen LogP contribution is -2.13. The lowest BCUT2D eigenvalue weighted by molar-refractivity contribution is 0.101. The topological polar surface area (TPSA) is 64.4 Å². The second kappa shape index (κ2) is 8.73. The van der Waals surface area contributed by atoms with Crippen molar-refractivity contribution < 1.29 is 14.1 Å². The maximum atomic E-state index is 12.4. The first-order valence-electron chi connectivity index (χ1n) is 8.85. The van der Waals surface area contributed by atoms with E-state index in [1.54, 1.807) is 24.3 Å². The number of unbranched alkanes of at least 4 members (excludes halogenated alkanes) is 1. The fraction of sp³-hybridized carbons (Fsp3) is 0.238. The van der Waals surface area contributed by atoms with Crippen LogP contribution >= 0.6 is 11.6 Å². The molecule has 0 unspecified atom stereocenters. The molecule has 5 nitrogen and oxygen atoms in total. The molecule has 6 heteroatoms. The fourth-order valence-corrected chi connectivity index (χ4v) is 2.67. The van der Waals surface area contributed by atoms with Gasteiger partial charge >= 0.3 is 0 Å². The molecule has 0 saturated carbocycles. The summed E-state index contributed by atoms with van der Waals surface area (Å²) in [4.78, 5) is 12.4. The predicted molar refractivity (Wildman–Crippen MR) is 106 cm³/mol. The highest BCUT2D eigenvalue weighted by Crippen LogP contribution is 2.25. The van der Waals surface area contributed by atoms with Crippen LogP contribution in [0.3, 0.4) is 0 Å². The number of anilines is 1. The summed E-state index contributed by atoms with van der Waals surface area (Å²) in [7, 11) is 0. The predicted octanol–water partition coefficient (Wildman–Crippen LogP) is 5.73. The minimum absolute atomic E-state index is 0.202. The zero-order valence-electron chi connectivity index (χ0n) is 15.3. The summed E-state index contributed by atoms with van der Waals surface area (Å²) in [5, 5.41) is 7.27. The minimum atomic E-state index is -0.352. The van der Waals surface area contributed by atoms with Gasteiger partial charge in [0.15, 0.2) is 11.5 Å². The van der Waals surface area contributed by atoms with Gasteiger partial charge in [0.05, 0.1) is 6.61 Å². The second-order valence-corrected chi connectivity index (χ2v) is 6.58. The van der Waals surface area contributed by atoms with Gasteiger partial charge in [-0.15, -0.1) is 0 Å². The maximum absolute atomic E-state index is 12.4. The van der Waals surface area contributed by atoms with E-state index in [0.717, 1.165) is 29.7 Å². The average molecular weight is 385 g/mol. The van der Waals surface area contributed by atoms with E-state index in [4.69, 9.17) is 20.9 Å². The summed E-state index contributed by atoms with van der Waals surface area (Å²) in [6.45, 7) is 4.67. The molecule has 0 fully saturated rings. The van der Waals surface area contributed by atoms with Crippen LogP contribution in [0.2, 0.25) is 5.02 Å². The lowest BCUT2D eigenvalue weighted by atomic mass is 10.1. The summed E-state index contributed by atoms with van der Waals surface area (Å²) in [6, 6.07) is 14.5. The number of halogens is 1. The molecule has 3 aromatic rings. The Morgan fingerprint density at radius 2 is 2.00 bits per heavy atom. The van der Waals surface area contributed by atoms with Crippen LogP contribution in [0.1, 0.15) is 35.8 Å². The summed E-state index contributed by atoms with van der Waals surface area (Å²) in [5.41, 5.74) is 2.47. The molecule has 1 heterocycles. The van der Waals surface area contributed by atoms with E-state index in [0.29, 0.717) is 23.1 Å². The summed E-state index contributed by atoms with van der Waals surface area (Å²) >= 11 is 6.08. The SMILES string of the molecule is CCCCOc1ccc(-c2cc(C(=O)Nc3cccc(Cl)c3C)no2)cc1. The quantitative estimate of drug-likeness (QED) is 0.528. The number of aromatic nitrogens is 1. The number of ether oxygens (including phenoxy) is 1. The van der Waals surface area contributed by atoms with Gasteiger partial charge in [-0.25, -0.2) is 0 Å². The van der Waals surface area contributed by atoms with E-state index >= 15 is 0 Å². The normalized spacial score (nSPS) is 10.6. The zero-order valence-corrected chi connectivity index (χ0v) is 16.0. The van der Waals surface area contributed by atoms with Crippen molar-refractivity contribution in [2.45, 2.75) is 26.7 Å². The molecule has 1 aromatic heterocycles. The maximum Gasteiger partial charge on any atom is 0.277 e. The van der Waals surface area contributed by atoms with Gasteiger partial charge in [0.25, 0.3) is 5.91 Å². The molecule has 140 valence electrons. The van der Waals surface area contributed by atoms with Gasteiger partial charge in [0.1, 0.15) is 5.75 Å². The molecule has 0 aliphatic heterocycles. The number of carbonyl (C=O) groups is 1. The molecule has 1 amide bonds. The first kappa shape index (κ1) is 19.0. The third-order valence-electron chi connectivity index (χ3n) is 4.16. The van der Waals surface area contributed by atoms with Gasteiger partial charge in [-0.3, -0.25) is 4.79 Å². The van der Waals surface area contributed by atoms with Crippen LogP contribution in [0.5, 0.6) is 5.75 Å². The Labute approximate surface area is 163 Å². The van der Waals surface area contributed by atoms with Crippen LogP contribution in [0, 0.1) is 6.92 Å². The number of rotatable bonds is 7. The van der Waals surface area contributed by atoms with Crippen molar-refractivity contribution >= 4 is 23.2 Å². The van der Waals surface area contributed by atoms with Crippen molar-refractivity contribution in [3.8, 4) is 17.1 Å². The van der Waals surface area contributed by atoms with E-state index in [1.807, 2.05) is 31.2 Å². The van der Waals surface area contributed by atoms with E-state index in [1.165, 1.54) is 0 Å². The Morgan fingerprint density at radius 1 is 1.22 bits per heavy atom. The number of hydrogen-bond donors (Lipinski definition) is 1. The summed E-state index contributed by atoms with van der Waals surface area (Å²) in [6.07, 6.45) is 2.12. The van der Waals surface area contributed by atoms with E-state index in [-0.39, 0.29) is 11.6 Å². The Kier molecular flexibility index (Phi) is 6.14. The largest absolute Gasteiger partial charge is 0.494 e. The molecule has 0 atom stereocenters. The van der Waals surface area contributed by atoms with Crippen molar-refractivity contribution in [3.63, 3.8) is 0 Å². The Balaban J connectivity index is 1.68. The van der Waals surface area contributed by atoms with Crippen LogP contribution in [-0.2, 0) is 0 Å². The lowest BCUT2D eigenvalue weighted by Gasteiger charge is -2.07. The standard InChI is InChI=1S/C21H21ClN2O3/c1-3-4-12-26-16-10-8-15(9-11-16)20-13-19(24-27-20)21(25)23-18-7-5-6-17(22)14(18)2/h5-11,13H,3-4,12H2,1-2H3,(H,23,25). The molecule has 0 bridgehead atoms. The van der Waals surface area contributed by atoms with Crippen LogP contribution in [-0.4, -0.2) is 17.7 Å². The first-order valence-corrected chi connectivity index (χ1v) is 9.22. The molecule has 2 aromatic carbocycles. The van der Waals surface area contributed by atoms with Crippen molar-refractivity contribution in [1.82, 2.24) is 5.16 Å². The second-order valence-electron chi connectivity index (χ2n) is 6.17. The zero-order chi connectivity index (χ0) is 19.2. The van der Waals surface area contributed by atoms with Crippen LogP contribution < -0.4 is 10.1 Å². The number of carbonyl (C=O) groups excluding carboxylic acids is 1. The van der Waals surface area contributed by atoms with Crippen LogP contribution in [0.4, 0.5) is 5.69 Å². The average Bonchev–Trinajstić information content (AvgIpc) is 3.16. The van der Waals surface area contributed by atoms with Gasteiger partial charge in [0, 0.05) is 22.3 Å². The third-order valence-corrected chi connectivity index (χ3v) is 4.57. The van der Waals surface area contributed by atoms with Gasteiger partial charge in [0.2, 0.25) is 0 Å². The van der Waals surface area contributed by atoms with Gasteiger partial charge in [-0.05, 0) is 55.3 Å². The van der Waals surface area contributed by atoms with Gasteiger partial charge in [-0.2, -0.15) is 0 Å². The molecular formula is C21H21ClN2O3. The molecule has 0 radical (unpaired) electrons. The number of benzene rings is 2. The molecule has 0 aliphatic carbocycles. The van der Waals surface area contributed by atoms with E-state index < -0.39 is 0 Å². The molecule has 0 aliphatic rings. The summed E-state index contributed by atoms with van der Waals surface area (Å²) in [5.74, 6) is 0.971. The van der Waals surface area contributed by atoms with Crippen molar-refractivity contribution in [2.24, 2.45) is 0 Å². The third kappa shape index (κ3) is 4.68. The smallest absolute Gasteiger partial charge is 0.277 e. The fourth-order valence-electron chi connectivity index (χ4n) is 2.50. The first-order chi connectivity index (χ1) is 13.1. The Hall–Kier alpha value is -2.79. The highest BCUT2D eigenvalue weighted by molar-refractivity contribution is 6.31. The molecule has 0 spiro atoms. The Bertz CT molecular complexity index is 919. The summed E-state index contributed by atoms with van der Waals surface area (Å²) < 4.78 is 11.0. The molecule has 0 saturated heterocycles. The van der Waals surface area contributed by atoms with Crippen LogP contribution in [0.25, 0.3) is 11.3 Å². The minimum Gasteiger partial charge on any atom is -0.494 e. The van der Waals surface area contributed by atoms with E-state index in [9.17, 15) is 4.79 Å². The van der Waals surface area contributed by atoms with Gasteiger partial charge in [-0.1, -0.05) is 36.2 Å². The molecule has 27 heavy (non-hydrogen) atoms. The van der Waals surface area contributed by atoms with Crippen molar-refractivity contribution in [2.75, 3.05) is 11.9 Å². The van der Waals surface area contributed by atoms with Crippen molar-refractivity contribution in [1.29, 1.82) is 0 Å². The monoisotopic (exact) mass is 384 g/mol. The molecule has 3 rings (SSSR count). The molecular weight excluding hydrogens is 364 g/mol. The number of amides is 1. The highest BCUT2D eigenvalue weighted by atomic mass is 35.5. The van der Waals surface area contributed by atoms with Crippen LogP contribution in [0.15, 0.2) is 53.1 Å².